The molecule has 4 heterocycles. The Balaban J connectivity index is 0.00000113. The predicted molar refractivity (Wildman–Crippen MR) is 348 cm³/mol. The minimum Gasteiger partial charge on any atom is -0.490 e. The van der Waals surface area contributed by atoms with Crippen molar-refractivity contribution in [2.45, 2.75) is 148 Å². The van der Waals surface area contributed by atoms with E-state index in [4.69, 9.17) is 88.4 Å². The summed E-state index contributed by atoms with van der Waals surface area (Å²) in [7, 11) is 0.217. The van der Waals surface area contributed by atoms with Crippen LogP contribution < -0.4 is 28.4 Å². The van der Waals surface area contributed by atoms with Gasteiger partial charge in [0.05, 0.1) is 92.5 Å². The van der Waals surface area contributed by atoms with Gasteiger partial charge in [0.2, 0.25) is 0 Å². The van der Waals surface area contributed by atoms with Crippen molar-refractivity contribution in [2.75, 3.05) is 160 Å². The van der Waals surface area contributed by atoms with Crippen molar-refractivity contribution in [2.24, 2.45) is 0 Å². The highest BCUT2D eigenvalue weighted by molar-refractivity contribution is 7.59. The summed E-state index contributed by atoms with van der Waals surface area (Å²) in [6.07, 6.45) is 6.54. The average Bonchev–Trinajstić information content (AvgIpc) is 3.76. The first-order valence-electron chi connectivity index (χ1n) is 30.0. The lowest BCUT2D eigenvalue weighted by Gasteiger charge is -2.19. The smallest absolute Gasteiger partial charge is 0.425 e. The molecule has 500 valence electrons. The van der Waals surface area contributed by atoms with Gasteiger partial charge < -0.3 is 75.8 Å². The van der Waals surface area contributed by atoms with Crippen LogP contribution in [0.1, 0.15) is 119 Å². The molecule has 19 nitrogen and oxygen atoms in total. The zero-order valence-electron chi connectivity index (χ0n) is 54.9. The predicted octanol–water partition coefficient (Wildman–Crippen LogP) is 13.4. The molecular formula is C62H108O19S5. The summed E-state index contributed by atoms with van der Waals surface area (Å²) in [6, 6.07) is 4.13. The largest absolute Gasteiger partial charge is 0.490 e. The maximum Gasteiger partial charge on any atom is 0.425 e. The number of hydrogen-bond acceptors (Lipinski definition) is 23. The third-order valence-corrected chi connectivity index (χ3v) is 15.0. The van der Waals surface area contributed by atoms with Crippen LogP contribution in [-0.4, -0.2) is 184 Å². The maximum atomic E-state index is 8.44. The van der Waals surface area contributed by atoms with Crippen LogP contribution in [0.5, 0.6) is 34.5 Å². The number of thiophene rings is 4. The van der Waals surface area contributed by atoms with Crippen molar-refractivity contribution in [3.05, 3.63) is 51.1 Å². The second-order valence-electron chi connectivity index (χ2n) is 19.3. The molecule has 0 saturated heterocycles. The van der Waals surface area contributed by atoms with E-state index < -0.39 is 10.6 Å². The normalized spacial score (nSPS) is 11.4. The van der Waals surface area contributed by atoms with Crippen LogP contribution in [0.15, 0.2) is 12.1 Å². The molecule has 86 heavy (non-hydrogen) atoms. The molecule has 0 spiro atoms. The third-order valence-electron chi connectivity index (χ3n) is 11.1. The number of rotatable bonds is 46. The van der Waals surface area contributed by atoms with E-state index in [9.17, 15) is 0 Å². The quantitative estimate of drug-likeness (QED) is 0.0378. The maximum absolute atomic E-state index is 8.44. The molecule has 0 aliphatic heterocycles. The number of ether oxygens (including phenoxy) is 16. The van der Waals surface area contributed by atoms with E-state index in [1.807, 2.05) is 27.7 Å². The van der Waals surface area contributed by atoms with Crippen LogP contribution in [0.3, 0.4) is 0 Å². The highest BCUT2D eigenvalue weighted by Crippen LogP contribution is 2.43. The summed E-state index contributed by atoms with van der Waals surface area (Å²) in [5.74, 6) is 5.29. The van der Waals surface area contributed by atoms with Gasteiger partial charge in [-0.1, -0.05) is 40.5 Å². The summed E-state index contributed by atoms with van der Waals surface area (Å²) >= 11 is 6.90. The molecule has 0 saturated carbocycles. The molecule has 4 aromatic rings. The summed E-state index contributed by atoms with van der Waals surface area (Å²) in [4.78, 5) is 9.53. The topological polar surface area (TPSA) is 199 Å². The van der Waals surface area contributed by atoms with Crippen LogP contribution in [0.25, 0.3) is 0 Å². The highest BCUT2D eigenvalue weighted by atomic mass is 32.2. The van der Waals surface area contributed by atoms with Gasteiger partial charge in [-0.05, 0) is 107 Å². The Kier molecular flexibility index (Phi) is 53.8. The van der Waals surface area contributed by atoms with Gasteiger partial charge in [0.1, 0.15) is 50.1 Å². The molecule has 0 N–H and O–H groups in total. The number of aryl methyl sites for hydroxylation is 8. The van der Waals surface area contributed by atoms with E-state index in [-0.39, 0.29) is 12.2 Å². The Hall–Kier alpha value is -3.18. The van der Waals surface area contributed by atoms with Gasteiger partial charge in [-0.25, -0.2) is 0 Å². The molecule has 2 atom stereocenters. The van der Waals surface area contributed by atoms with Crippen LogP contribution >= 0.6 is 45.3 Å². The van der Waals surface area contributed by atoms with Gasteiger partial charge in [-0.3, -0.25) is 0 Å². The molecule has 0 bridgehead atoms. The molecule has 2 unspecified atom stereocenters. The minimum absolute atomic E-state index is 0.00301. The van der Waals surface area contributed by atoms with Crippen LogP contribution in [0, 0.1) is 55.4 Å². The van der Waals surface area contributed by atoms with E-state index in [0.717, 1.165) is 119 Å². The van der Waals surface area contributed by atoms with Crippen LogP contribution in [0.2, 0.25) is 0 Å². The van der Waals surface area contributed by atoms with Crippen molar-refractivity contribution in [1.29, 1.82) is 0 Å². The first-order chi connectivity index (χ1) is 41.4. The van der Waals surface area contributed by atoms with Crippen molar-refractivity contribution in [1.82, 2.24) is 0 Å². The van der Waals surface area contributed by atoms with E-state index >= 15 is 0 Å². The fourth-order valence-electron chi connectivity index (χ4n) is 7.10. The molecule has 0 fully saturated rings. The standard InChI is InChI=1S/C22H40O6S.C18H32O4S.2C11H18O3S.O3S/c1-5-7-9-23-11-13-25-15-17-27-21-19(3)29-20(4)22(21)28-18-16-26-14-12-24-10-8-6-2;1-7-9-19-11-13(3)21-17-15(5)23-16(6)18(17)22-14(4)12-20-10-8-2;2*1-9-8-11(10(2)15-9)14-7-6-13-5-4-12-3;1-4(2)3/h5-18H2,1-4H3;13-14H,7-12H2,1-6H3;2*8H,4-7H2,1-3H3;. The Morgan fingerprint density at radius 1 is 0.349 bits per heavy atom. The molecule has 4 aromatic heterocycles. The number of methoxy groups -OCH3 is 2. The second-order valence-corrected chi connectivity index (χ2v) is 25.5. The van der Waals surface area contributed by atoms with Gasteiger partial charge in [-0.2, -0.15) is 0 Å². The van der Waals surface area contributed by atoms with Crippen LogP contribution in [-0.2, 0) is 58.0 Å². The van der Waals surface area contributed by atoms with Gasteiger partial charge >= 0.3 is 10.6 Å². The summed E-state index contributed by atoms with van der Waals surface area (Å²) in [6.45, 7) is 42.9. The Morgan fingerprint density at radius 3 is 0.930 bits per heavy atom. The van der Waals surface area contributed by atoms with E-state index in [1.54, 1.807) is 59.6 Å². The van der Waals surface area contributed by atoms with Crippen molar-refractivity contribution < 1.29 is 88.4 Å². The van der Waals surface area contributed by atoms with Crippen molar-refractivity contribution >= 4 is 56.0 Å². The summed E-state index contributed by atoms with van der Waals surface area (Å²) in [5, 5.41) is 0. The first-order valence-corrected chi connectivity index (χ1v) is 34.2. The van der Waals surface area contributed by atoms with Crippen molar-refractivity contribution in [3.8, 4) is 34.5 Å². The Morgan fingerprint density at radius 2 is 0.640 bits per heavy atom. The number of hydrogen-bond donors (Lipinski definition) is 0. The lowest BCUT2D eigenvalue weighted by Crippen LogP contribution is -2.22. The SMILES string of the molecule is CCCCOCCOCCOc1c(C)sc(C)c1OCCOCCOCCCC.CCCOCC(C)Oc1c(C)sc(C)c1OC(C)COCCC.COCCOCCOc1cc(C)sc1C.COCCOCCOc1cc(C)sc1C.O=S(=O)=O. The first kappa shape index (κ1) is 82.8. The Labute approximate surface area is 534 Å². The highest BCUT2D eigenvalue weighted by Gasteiger charge is 2.21. The second kappa shape index (κ2) is 55.9. The van der Waals surface area contributed by atoms with Crippen LogP contribution in [0.4, 0.5) is 0 Å². The van der Waals surface area contributed by atoms with E-state index in [2.05, 4.69) is 81.4 Å². The number of unbranched alkanes of at least 4 members (excludes halogenated alkanes) is 2. The zero-order valence-corrected chi connectivity index (χ0v) is 59.0. The van der Waals surface area contributed by atoms with E-state index in [1.165, 1.54) is 19.5 Å². The molecule has 0 radical (unpaired) electrons. The lowest BCUT2D eigenvalue weighted by molar-refractivity contribution is 0.0324. The van der Waals surface area contributed by atoms with Gasteiger partial charge in [0, 0.05) is 79.7 Å². The zero-order chi connectivity index (χ0) is 64.2. The fraction of sp³-hybridized carbons (Fsp3) is 0.742. The molecule has 0 aromatic carbocycles. The molecule has 4 rings (SSSR count). The van der Waals surface area contributed by atoms with Crippen molar-refractivity contribution in [3.63, 3.8) is 0 Å². The lowest BCUT2D eigenvalue weighted by atomic mass is 10.3. The van der Waals surface area contributed by atoms with Gasteiger partial charge in [0.25, 0.3) is 0 Å². The molecule has 0 amide bonds. The summed E-state index contributed by atoms with van der Waals surface area (Å²) < 4.78 is 114. The fourth-order valence-corrected chi connectivity index (χ4v) is 10.7. The molecule has 0 aliphatic carbocycles. The molecule has 0 aliphatic rings. The average molecular weight is 1320 g/mol. The molecular weight excluding hydrogens is 1210 g/mol. The van der Waals surface area contributed by atoms with E-state index in [0.29, 0.717) is 119 Å². The monoisotopic (exact) mass is 1320 g/mol. The van der Waals surface area contributed by atoms with Gasteiger partial charge in [0.15, 0.2) is 23.0 Å². The third kappa shape index (κ3) is 43.5. The Bertz CT molecular complexity index is 2170. The van der Waals surface area contributed by atoms with Gasteiger partial charge in [-0.15, -0.1) is 58.0 Å². The summed E-state index contributed by atoms with van der Waals surface area (Å²) in [5.41, 5.74) is 0. The minimum atomic E-state index is -3.11. The molecule has 24 heteroatoms.